The van der Waals surface area contributed by atoms with Crippen LogP contribution in [0.3, 0.4) is 0 Å². The lowest BCUT2D eigenvalue weighted by atomic mass is 9.95. The lowest BCUT2D eigenvalue weighted by molar-refractivity contribution is 0.0602. The number of rotatable bonds is 5. The van der Waals surface area contributed by atoms with Gasteiger partial charge >= 0.3 is 14.6 Å². The molecule has 2 aromatic carbocycles. The van der Waals surface area contributed by atoms with Crippen molar-refractivity contribution in [2.75, 3.05) is 24.4 Å². The van der Waals surface area contributed by atoms with Gasteiger partial charge in [-0.1, -0.05) is 12.1 Å². The van der Waals surface area contributed by atoms with E-state index in [0.29, 0.717) is 33.2 Å². The number of carbonyl (C=O) groups excluding carboxylic acids is 2. The van der Waals surface area contributed by atoms with Crippen molar-refractivity contribution >= 4 is 59.6 Å². The number of hydrogen-bond donors (Lipinski definition) is 4. The minimum Gasteiger partial charge on any atom is -0.506 e. The molecule has 1 amide bonds. The second-order valence-electron chi connectivity index (χ2n) is 8.09. The van der Waals surface area contributed by atoms with Gasteiger partial charge in [0.25, 0.3) is 5.91 Å². The second kappa shape index (κ2) is 8.73. The molecule has 0 aliphatic carbocycles. The Hall–Kier alpha value is -3.30. The van der Waals surface area contributed by atoms with Gasteiger partial charge in [0.1, 0.15) is 5.75 Å². The van der Waals surface area contributed by atoms with Crippen molar-refractivity contribution in [3.05, 3.63) is 52.9 Å². The first-order valence-electron chi connectivity index (χ1n) is 10.5. The molecule has 2 aromatic heterocycles. The molecule has 0 saturated heterocycles. The Balaban J connectivity index is 1.65. The Morgan fingerprint density at radius 2 is 2.09 bits per heavy atom. The van der Waals surface area contributed by atoms with Crippen molar-refractivity contribution in [2.24, 2.45) is 0 Å². The van der Waals surface area contributed by atoms with Crippen LogP contribution in [0.5, 0.6) is 11.5 Å². The molecule has 182 valence electrons. The number of hydrogen-bond acceptors (Lipinski definition) is 8. The molecule has 0 fully saturated rings. The van der Waals surface area contributed by atoms with E-state index >= 15 is 0 Å². The number of phenolic OH excluding ortho intramolecular Hbond substituents is 1. The highest BCUT2D eigenvalue weighted by Crippen LogP contribution is 2.47. The standard InChI is InChI=1S/C23H20ClN2O8P/c1-10-17(23(29)32-2)19-18-12(8-24)9-26(13(18)7-14(27)20(19)25-10)22(28)16-6-11-4-3-5-15(21(11)33-16)34-35(30)31/h3-7,12,25,27,30-31H,8-9H2,1-2H3/t12-/m1/s1. The number of methoxy groups -OCH3 is 1. The smallest absolute Gasteiger partial charge is 0.391 e. The van der Waals surface area contributed by atoms with Crippen LogP contribution >= 0.6 is 20.2 Å². The Morgan fingerprint density at radius 1 is 1.31 bits per heavy atom. The van der Waals surface area contributed by atoms with Gasteiger partial charge in [0, 0.05) is 40.9 Å². The molecule has 3 heterocycles. The van der Waals surface area contributed by atoms with Crippen LogP contribution in [0, 0.1) is 6.92 Å². The van der Waals surface area contributed by atoms with Crippen LogP contribution in [0.2, 0.25) is 0 Å². The number of alkyl halides is 1. The number of halogens is 1. The Labute approximate surface area is 204 Å². The van der Waals surface area contributed by atoms with Gasteiger partial charge in [0.2, 0.25) is 0 Å². The van der Waals surface area contributed by atoms with E-state index in [1.807, 2.05) is 0 Å². The Kier molecular flexibility index (Phi) is 5.85. The molecular formula is C23H20ClN2O8P. The van der Waals surface area contributed by atoms with Crippen LogP contribution < -0.4 is 9.42 Å². The van der Waals surface area contributed by atoms with E-state index in [2.05, 4.69) is 4.98 Å². The molecule has 1 atom stereocenters. The van der Waals surface area contributed by atoms with Crippen LogP contribution in [0.25, 0.3) is 21.9 Å². The fourth-order valence-electron chi connectivity index (χ4n) is 4.65. The number of benzene rings is 2. The first-order valence-corrected chi connectivity index (χ1v) is 12.2. The number of fused-ring (bicyclic) bond motifs is 4. The molecule has 35 heavy (non-hydrogen) atoms. The van der Waals surface area contributed by atoms with Gasteiger partial charge in [-0.15, -0.1) is 11.6 Å². The van der Waals surface area contributed by atoms with Crippen molar-refractivity contribution in [2.45, 2.75) is 12.8 Å². The molecule has 10 nitrogen and oxygen atoms in total. The van der Waals surface area contributed by atoms with E-state index < -0.39 is 20.5 Å². The number of aromatic nitrogens is 1. The minimum absolute atomic E-state index is 0.0181. The average molecular weight is 519 g/mol. The summed E-state index contributed by atoms with van der Waals surface area (Å²) < 4.78 is 15.7. The number of para-hydroxylation sites is 1. The molecule has 0 saturated carbocycles. The summed E-state index contributed by atoms with van der Waals surface area (Å²) in [7, 11) is -1.40. The molecule has 0 unspecified atom stereocenters. The number of ether oxygens (including phenoxy) is 1. The molecule has 4 N–H and O–H groups in total. The zero-order chi connectivity index (χ0) is 25.0. The molecule has 1 aliphatic heterocycles. The van der Waals surface area contributed by atoms with E-state index in [0.717, 1.165) is 0 Å². The van der Waals surface area contributed by atoms with Gasteiger partial charge in [0.05, 0.1) is 23.9 Å². The summed E-state index contributed by atoms with van der Waals surface area (Å²) in [5.74, 6) is -1.30. The molecule has 1 aliphatic rings. The van der Waals surface area contributed by atoms with Crippen molar-refractivity contribution < 1.29 is 38.2 Å². The van der Waals surface area contributed by atoms with Gasteiger partial charge in [-0.2, -0.15) is 0 Å². The fourth-order valence-corrected chi connectivity index (χ4v) is 5.22. The molecule has 12 heteroatoms. The number of amides is 1. The van der Waals surface area contributed by atoms with Gasteiger partial charge in [0.15, 0.2) is 17.1 Å². The molecule has 4 aromatic rings. The zero-order valence-electron chi connectivity index (χ0n) is 18.5. The maximum absolute atomic E-state index is 13.6. The predicted molar refractivity (Wildman–Crippen MR) is 129 cm³/mol. The highest BCUT2D eigenvalue weighted by molar-refractivity contribution is 7.39. The molecular weight excluding hydrogens is 499 g/mol. The van der Waals surface area contributed by atoms with Gasteiger partial charge < -0.3 is 38.5 Å². The van der Waals surface area contributed by atoms with E-state index in [9.17, 15) is 24.5 Å². The molecule has 0 bridgehead atoms. The first kappa shape index (κ1) is 23.4. The van der Waals surface area contributed by atoms with Crippen LogP contribution in [0.4, 0.5) is 5.69 Å². The predicted octanol–water partition coefficient (Wildman–Crippen LogP) is 4.29. The summed E-state index contributed by atoms with van der Waals surface area (Å²) in [6.07, 6.45) is 0. The monoisotopic (exact) mass is 518 g/mol. The lowest BCUT2D eigenvalue weighted by Crippen LogP contribution is -2.29. The number of aromatic hydroxyl groups is 1. The number of furan rings is 1. The number of anilines is 1. The fraction of sp³-hybridized carbons (Fsp3) is 0.217. The lowest BCUT2D eigenvalue weighted by Gasteiger charge is -2.16. The second-order valence-corrected chi connectivity index (χ2v) is 9.09. The Bertz CT molecular complexity index is 1490. The van der Waals surface area contributed by atoms with Crippen LogP contribution in [0.1, 0.15) is 38.1 Å². The van der Waals surface area contributed by atoms with Crippen LogP contribution in [-0.4, -0.2) is 51.3 Å². The highest BCUT2D eigenvalue weighted by Gasteiger charge is 2.38. The summed E-state index contributed by atoms with van der Waals surface area (Å²) in [4.78, 5) is 49.1. The summed E-state index contributed by atoms with van der Waals surface area (Å²) >= 11 is 6.29. The van der Waals surface area contributed by atoms with Crippen LogP contribution in [0.15, 0.2) is 34.7 Å². The highest BCUT2D eigenvalue weighted by atomic mass is 35.5. The normalized spacial score (nSPS) is 15.3. The van der Waals surface area contributed by atoms with E-state index in [1.165, 1.54) is 30.2 Å². The van der Waals surface area contributed by atoms with Gasteiger partial charge in [-0.25, -0.2) is 4.79 Å². The number of nitrogens with one attached hydrogen (secondary N) is 1. The summed E-state index contributed by atoms with van der Waals surface area (Å²) in [6, 6.07) is 7.80. The maximum Gasteiger partial charge on any atom is 0.391 e. The number of esters is 1. The molecule has 0 spiro atoms. The number of phenols is 1. The number of H-pyrrole nitrogens is 1. The number of aromatic amines is 1. The van der Waals surface area contributed by atoms with E-state index in [-0.39, 0.29) is 46.7 Å². The summed E-state index contributed by atoms with van der Waals surface area (Å²) in [6.45, 7) is 1.89. The molecule has 5 rings (SSSR count). The Morgan fingerprint density at radius 3 is 2.77 bits per heavy atom. The van der Waals surface area contributed by atoms with Crippen molar-refractivity contribution in [1.29, 1.82) is 0 Å². The van der Waals surface area contributed by atoms with E-state index in [4.69, 9.17) is 25.3 Å². The largest absolute Gasteiger partial charge is 0.506 e. The van der Waals surface area contributed by atoms with E-state index in [1.54, 1.807) is 19.1 Å². The summed E-state index contributed by atoms with van der Waals surface area (Å²) in [5.41, 5.74) is 2.40. The topological polar surface area (TPSA) is 145 Å². The van der Waals surface area contributed by atoms with Crippen molar-refractivity contribution in [3.63, 3.8) is 0 Å². The maximum atomic E-state index is 13.6. The number of carbonyl (C=O) groups is 2. The SMILES string of the molecule is COC(=O)c1c(C)[nH]c2c(O)cc3c(c12)[C@H](CCl)CN3C(=O)c1cc2cccc(OP(O)O)c2o1. The van der Waals surface area contributed by atoms with Gasteiger partial charge in [-0.05, 0) is 24.6 Å². The third-order valence-electron chi connectivity index (χ3n) is 6.08. The number of nitrogens with zero attached hydrogens (tertiary/aromatic N) is 1. The average Bonchev–Trinajstić information content (AvgIpc) is 3.51. The first-order chi connectivity index (χ1) is 16.7. The van der Waals surface area contributed by atoms with Crippen molar-refractivity contribution in [1.82, 2.24) is 4.98 Å². The third kappa shape index (κ3) is 3.70. The number of aryl methyl sites for hydroxylation is 1. The zero-order valence-corrected chi connectivity index (χ0v) is 20.2. The minimum atomic E-state index is -2.68. The van der Waals surface area contributed by atoms with Crippen LogP contribution in [-0.2, 0) is 4.74 Å². The quantitative estimate of drug-likeness (QED) is 0.174. The summed E-state index contributed by atoms with van der Waals surface area (Å²) in [5, 5.41) is 11.7. The molecule has 0 radical (unpaired) electrons. The van der Waals surface area contributed by atoms with Crippen molar-refractivity contribution in [3.8, 4) is 11.5 Å². The third-order valence-corrected chi connectivity index (χ3v) is 6.82. The van der Waals surface area contributed by atoms with Gasteiger partial charge in [-0.3, -0.25) is 4.79 Å².